The lowest BCUT2D eigenvalue weighted by Crippen LogP contribution is -2.34. The minimum atomic E-state index is -3.13. The van der Waals surface area contributed by atoms with Crippen molar-refractivity contribution in [2.75, 3.05) is 11.5 Å². The van der Waals surface area contributed by atoms with Gasteiger partial charge in [-0.2, -0.15) is 0 Å². The van der Waals surface area contributed by atoms with Gasteiger partial charge in [-0.25, -0.2) is 12.8 Å². The van der Waals surface area contributed by atoms with Gasteiger partial charge in [-0.3, -0.25) is 0 Å². The summed E-state index contributed by atoms with van der Waals surface area (Å²) in [5, 5.41) is 0. The predicted molar refractivity (Wildman–Crippen MR) is 55.8 cm³/mol. The molecule has 84 valence electrons. The Labute approximate surface area is 85.8 Å². The van der Waals surface area contributed by atoms with E-state index in [4.69, 9.17) is 0 Å². The van der Waals surface area contributed by atoms with Crippen LogP contribution in [0.2, 0.25) is 0 Å². The second kappa shape index (κ2) is 4.17. The zero-order valence-corrected chi connectivity index (χ0v) is 9.74. The average Bonchev–Trinajstić information content (AvgIpc) is 2.22. The van der Waals surface area contributed by atoms with Gasteiger partial charge in [0.1, 0.15) is 6.17 Å². The fourth-order valence-electron chi connectivity index (χ4n) is 2.33. The van der Waals surface area contributed by atoms with Crippen molar-refractivity contribution in [3.63, 3.8) is 0 Å². The second-order valence-electron chi connectivity index (χ2n) is 4.25. The number of hydrogen-bond acceptors (Lipinski definition) is 2. The number of sulfone groups is 1. The van der Waals surface area contributed by atoms with E-state index in [9.17, 15) is 12.8 Å². The van der Waals surface area contributed by atoms with Gasteiger partial charge < -0.3 is 0 Å². The van der Waals surface area contributed by atoms with Gasteiger partial charge in [0, 0.05) is 5.41 Å². The zero-order valence-electron chi connectivity index (χ0n) is 8.92. The first kappa shape index (κ1) is 12.0. The van der Waals surface area contributed by atoms with E-state index in [1.54, 1.807) is 0 Å². The van der Waals surface area contributed by atoms with Crippen molar-refractivity contribution in [1.29, 1.82) is 0 Å². The predicted octanol–water partition coefficient (Wildman–Crippen LogP) is 2.34. The summed E-state index contributed by atoms with van der Waals surface area (Å²) < 4.78 is 36.6. The molecule has 0 amide bonds. The van der Waals surface area contributed by atoms with Crippen molar-refractivity contribution in [2.45, 2.75) is 45.7 Å². The molecule has 1 unspecified atom stereocenters. The van der Waals surface area contributed by atoms with Crippen LogP contribution in [0.15, 0.2) is 0 Å². The number of hydrogen-bond donors (Lipinski definition) is 0. The minimum Gasteiger partial charge on any atom is -0.246 e. The smallest absolute Gasteiger partial charge is 0.153 e. The average molecular weight is 222 g/mol. The Hall–Kier alpha value is -0.120. The molecule has 1 saturated heterocycles. The molecule has 0 bridgehead atoms. The van der Waals surface area contributed by atoms with Crippen molar-refractivity contribution in [2.24, 2.45) is 5.41 Å². The van der Waals surface area contributed by atoms with Crippen LogP contribution in [-0.2, 0) is 9.84 Å². The van der Waals surface area contributed by atoms with Crippen LogP contribution in [0.1, 0.15) is 39.5 Å². The van der Waals surface area contributed by atoms with Crippen LogP contribution >= 0.6 is 0 Å². The summed E-state index contributed by atoms with van der Waals surface area (Å²) in [6, 6.07) is 0. The molecule has 0 aliphatic carbocycles. The number of alkyl halides is 1. The van der Waals surface area contributed by atoms with Gasteiger partial charge >= 0.3 is 0 Å². The third kappa shape index (κ3) is 2.27. The van der Waals surface area contributed by atoms with Gasteiger partial charge in [0.2, 0.25) is 0 Å². The van der Waals surface area contributed by atoms with E-state index in [1.807, 2.05) is 13.8 Å². The fraction of sp³-hybridized carbons (Fsp3) is 1.00. The quantitative estimate of drug-likeness (QED) is 0.718. The normalized spacial score (nSPS) is 30.9. The molecule has 0 spiro atoms. The molecule has 0 N–H and O–H groups in total. The Balaban J connectivity index is 2.91. The van der Waals surface area contributed by atoms with E-state index in [-0.39, 0.29) is 16.9 Å². The summed E-state index contributed by atoms with van der Waals surface area (Å²) in [6.07, 6.45) is 1.62. The van der Waals surface area contributed by atoms with E-state index in [0.717, 1.165) is 12.8 Å². The SMILES string of the molecule is CCC1(CC)CCCS(=O)(=O)CC1F. The lowest BCUT2D eigenvalue weighted by atomic mass is 9.75. The molecule has 1 fully saturated rings. The summed E-state index contributed by atoms with van der Waals surface area (Å²) in [5.74, 6) is -0.107. The van der Waals surface area contributed by atoms with Crippen LogP contribution in [0.3, 0.4) is 0 Å². The van der Waals surface area contributed by atoms with Gasteiger partial charge in [0.15, 0.2) is 9.84 Å². The van der Waals surface area contributed by atoms with Gasteiger partial charge in [-0.15, -0.1) is 0 Å². The molecule has 1 atom stereocenters. The van der Waals surface area contributed by atoms with E-state index in [0.29, 0.717) is 12.8 Å². The van der Waals surface area contributed by atoms with Crippen LogP contribution in [0.25, 0.3) is 0 Å². The van der Waals surface area contributed by atoms with Crippen molar-refractivity contribution in [3.05, 3.63) is 0 Å². The molecule has 2 nitrogen and oxygen atoms in total. The molecule has 1 rings (SSSR count). The molecular weight excluding hydrogens is 203 g/mol. The maximum atomic E-state index is 13.9. The molecule has 4 heteroatoms. The molecule has 0 saturated carbocycles. The van der Waals surface area contributed by atoms with Crippen LogP contribution in [0, 0.1) is 5.41 Å². The molecule has 1 aliphatic heterocycles. The number of halogens is 1. The molecule has 1 aliphatic rings. The summed E-state index contributed by atoms with van der Waals surface area (Å²) in [7, 11) is -3.13. The van der Waals surface area contributed by atoms with Gasteiger partial charge in [-0.1, -0.05) is 13.8 Å². The highest BCUT2D eigenvalue weighted by molar-refractivity contribution is 7.91. The highest BCUT2D eigenvalue weighted by Crippen LogP contribution is 2.40. The lowest BCUT2D eigenvalue weighted by molar-refractivity contribution is 0.102. The maximum Gasteiger partial charge on any atom is 0.153 e. The molecule has 0 aromatic rings. The van der Waals surface area contributed by atoms with Crippen LogP contribution < -0.4 is 0 Å². The van der Waals surface area contributed by atoms with E-state index < -0.39 is 16.0 Å². The first-order chi connectivity index (χ1) is 6.46. The second-order valence-corrected chi connectivity index (χ2v) is 6.48. The minimum absolute atomic E-state index is 0.162. The fourth-order valence-corrected chi connectivity index (χ4v) is 3.88. The van der Waals surface area contributed by atoms with Gasteiger partial charge in [0.25, 0.3) is 0 Å². The summed E-state index contributed by atoms with van der Waals surface area (Å²) in [4.78, 5) is 0. The highest BCUT2D eigenvalue weighted by Gasteiger charge is 2.40. The highest BCUT2D eigenvalue weighted by atomic mass is 32.2. The van der Waals surface area contributed by atoms with E-state index >= 15 is 0 Å². The molecule has 1 heterocycles. The topological polar surface area (TPSA) is 34.1 Å². The molecule has 0 aromatic carbocycles. The molecule has 0 radical (unpaired) electrons. The van der Waals surface area contributed by atoms with E-state index in [1.165, 1.54) is 0 Å². The van der Waals surface area contributed by atoms with Gasteiger partial charge in [-0.05, 0) is 25.7 Å². The van der Waals surface area contributed by atoms with E-state index in [2.05, 4.69) is 0 Å². The van der Waals surface area contributed by atoms with Crippen LogP contribution in [0.5, 0.6) is 0 Å². The number of rotatable bonds is 2. The third-order valence-electron chi connectivity index (χ3n) is 3.60. The van der Waals surface area contributed by atoms with Crippen molar-refractivity contribution >= 4 is 9.84 Å². The summed E-state index contributed by atoms with van der Waals surface area (Å²) in [6.45, 7) is 3.90. The zero-order chi connectivity index (χ0) is 10.8. The monoisotopic (exact) mass is 222 g/mol. The van der Waals surface area contributed by atoms with Crippen LogP contribution in [0.4, 0.5) is 4.39 Å². The van der Waals surface area contributed by atoms with Crippen molar-refractivity contribution in [3.8, 4) is 0 Å². The summed E-state index contributed by atoms with van der Waals surface area (Å²) >= 11 is 0. The lowest BCUT2D eigenvalue weighted by Gasteiger charge is -2.32. The first-order valence-electron chi connectivity index (χ1n) is 5.30. The Kier molecular flexibility index (Phi) is 3.56. The standard InChI is InChI=1S/C10H19FO2S/c1-3-10(4-2)6-5-7-14(12,13)8-9(10)11/h9H,3-8H2,1-2H3. The summed E-state index contributed by atoms with van der Waals surface area (Å²) in [5.41, 5.74) is -0.385. The van der Waals surface area contributed by atoms with Gasteiger partial charge in [0.05, 0.1) is 11.5 Å². The van der Waals surface area contributed by atoms with Crippen molar-refractivity contribution < 1.29 is 12.8 Å². The molecule has 14 heavy (non-hydrogen) atoms. The van der Waals surface area contributed by atoms with Crippen LogP contribution in [-0.4, -0.2) is 26.1 Å². The Bertz CT molecular complexity index is 280. The van der Waals surface area contributed by atoms with Crippen molar-refractivity contribution in [1.82, 2.24) is 0 Å². The maximum absolute atomic E-state index is 13.9. The Morgan fingerprint density at radius 3 is 2.43 bits per heavy atom. The Morgan fingerprint density at radius 1 is 1.36 bits per heavy atom. The third-order valence-corrected chi connectivity index (χ3v) is 5.31. The Morgan fingerprint density at radius 2 is 1.93 bits per heavy atom. The molecule has 0 aromatic heterocycles. The molecular formula is C10H19FO2S. The largest absolute Gasteiger partial charge is 0.246 e. The first-order valence-corrected chi connectivity index (χ1v) is 7.12.